The van der Waals surface area contributed by atoms with E-state index in [4.69, 9.17) is 9.47 Å². The summed E-state index contributed by atoms with van der Waals surface area (Å²) in [5.41, 5.74) is 1.83. The smallest absolute Gasteiger partial charge is 0.410 e. The van der Waals surface area contributed by atoms with E-state index in [1.54, 1.807) is 66.7 Å². The SMILES string of the molecule is Cc1cc(NC(=O)Oc2ccccc2)cc(NC(=O)Oc2ccccc2)c1. The zero-order chi connectivity index (χ0) is 19.1. The number of aryl methyl sites for hydroxylation is 1. The fraction of sp³-hybridized carbons (Fsp3) is 0.0476. The maximum Gasteiger partial charge on any atom is 0.417 e. The lowest BCUT2D eigenvalue weighted by Gasteiger charge is -2.11. The van der Waals surface area contributed by atoms with Crippen molar-refractivity contribution in [1.29, 1.82) is 0 Å². The number of amides is 2. The van der Waals surface area contributed by atoms with Crippen LogP contribution in [-0.2, 0) is 0 Å². The molecule has 0 aliphatic rings. The van der Waals surface area contributed by atoms with Crippen molar-refractivity contribution >= 4 is 23.6 Å². The summed E-state index contributed by atoms with van der Waals surface area (Å²) in [7, 11) is 0. The number of para-hydroxylation sites is 2. The highest BCUT2D eigenvalue weighted by molar-refractivity contribution is 5.90. The van der Waals surface area contributed by atoms with E-state index in [2.05, 4.69) is 10.6 Å². The Hall–Kier alpha value is -3.80. The first kappa shape index (κ1) is 18.0. The number of carbonyl (C=O) groups excluding carboxylic acids is 2. The van der Waals surface area contributed by atoms with Crippen LogP contribution in [0.4, 0.5) is 21.0 Å². The first-order valence-electron chi connectivity index (χ1n) is 8.28. The van der Waals surface area contributed by atoms with Gasteiger partial charge in [0, 0.05) is 11.4 Å². The van der Waals surface area contributed by atoms with Crippen molar-refractivity contribution in [3.05, 3.63) is 84.4 Å². The molecule has 6 heteroatoms. The van der Waals surface area contributed by atoms with Crippen LogP contribution >= 0.6 is 0 Å². The van der Waals surface area contributed by atoms with Crippen LogP contribution in [-0.4, -0.2) is 12.2 Å². The van der Waals surface area contributed by atoms with Crippen LogP contribution in [0.25, 0.3) is 0 Å². The molecule has 2 N–H and O–H groups in total. The zero-order valence-electron chi connectivity index (χ0n) is 14.6. The zero-order valence-corrected chi connectivity index (χ0v) is 14.6. The number of hydrogen-bond donors (Lipinski definition) is 2. The van der Waals surface area contributed by atoms with Crippen molar-refractivity contribution < 1.29 is 19.1 Å². The Bertz CT molecular complexity index is 854. The fourth-order valence-corrected chi connectivity index (χ4v) is 2.41. The van der Waals surface area contributed by atoms with E-state index in [1.807, 2.05) is 19.1 Å². The highest BCUT2D eigenvalue weighted by atomic mass is 16.6. The summed E-state index contributed by atoms with van der Waals surface area (Å²) < 4.78 is 10.4. The van der Waals surface area contributed by atoms with Gasteiger partial charge in [0.05, 0.1) is 0 Å². The average Bonchev–Trinajstić information content (AvgIpc) is 2.62. The molecule has 0 heterocycles. The Balaban J connectivity index is 1.63. The Morgan fingerprint density at radius 3 is 1.48 bits per heavy atom. The maximum atomic E-state index is 12.0. The molecule has 3 aromatic carbocycles. The van der Waals surface area contributed by atoms with Gasteiger partial charge in [0.15, 0.2) is 0 Å². The molecule has 136 valence electrons. The Morgan fingerprint density at radius 1 is 0.667 bits per heavy atom. The van der Waals surface area contributed by atoms with Gasteiger partial charge in [0.1, 0.15) is 11.5 Å². The quantitative estimate of drug-likeness (QED) is 0.667. The van der Waals surface area contributed by atoms with Gasteiger partial charge >= 0.3 is 12.2 Å². The molecule has 3 rings (SSSR count). The van der Waals surface area contributed by atoms with Gasteiger partial charge in [-0.05, 0) is 55.0 Å². The van der Waals surface area contributed by atoms with Crippen LogP contribution in [0.5, 0.6) is 11.5 Å². The minimum Gasteiger partial charge on any atom is -0.410 e. The summed E-state index contributed by atoms with van der Waals surface area (Å²) in [5, 5.41) is 5.28. The van der Waals surface area contributed by atoms with Crippen molar-refractivity contribution in [1.82, 2.24) is 0 Å². The third-order valence-corrected chi connectivity index (χ3v) is 3.48. The lowest BCUT2D eigenvalue weighted by Crippen LogP contribution is -2.18. The molecule has 0 saturated heterocycles. The normalized spacial score (nSPS) is 9.96. The van der Waals surface area contributed by atoms with Crippen molar-refractivity contribution in [2.24, 2.45) is 0 Å². The number of nitrogens with one attached hydrogen (secondary N) is 2. The molecule has 0 atom stereocenters. The van der Waals surface area contributed by atoms with E-state index in [9.17, 15) is 9.59 Å². The molecule has 0 bridgehead atoms. The molecular weight excluding hydrogens is 344 g/mol. The van der Waals surface area contributed by atoms with Crippen LogP contribution in [0.15, 0.2) is 78.9 Å². The van der Waals surface area contributed by atoms with Crippen molar-refractivity contribution in [3.63, 3.8) is 0 Å². The van der Waals surface area contributed by atoms with Crippen LogP contribution in [0, 0.1) is 6.92 Å². The first-order chi connectivity index (χ1) is 13.1. The van der Waals surface area contributed by atoms with Gasteiger partial charge in [0.2, 0.25) is 0 Å². The van der Waals surface area contributed by atoms with Gasteiger partial charge in [-0.1, -0.05) is 36.4 Å². The number of carbonyl (C=O) groups is 2. The van der Waals surface area contributed by atoms with E-state index >= 15 is 0 Å². The van der Waals surface area contributed by atoms with E-state index in [1.165, 1.54) is 0 Å². The molecule has 6 nitrogen and oxygen atoms in total. The molecule has 0 spiro atoms. The van der Waals surface area contributed by atoms with Crippen LogP contribution < -0.4 is 20.1 Å². The minimum absolute atomic E-state index is 0.437. The van der Waals surface area contributed by atoms with Gasteiger partial charge in [0.25, 0.3) is 0 Å². The molecule has 2 amide bonds. The van der Waals surface area contributed by atoms with E-state index in [0.717, 1.165) is 5.56 Å². The molecular formula is C21H18N2O4. The van der Waals surface area contributed by atoms with Crippen LogP contribution in [0.1, 0.15) is 5.56 Å². The lowest BCUT2D eigenvalue weighted by molar-refractivity contribution is 0.214. The number of anilines is 2. The Labute approximate surface area is 156 Å². The van der Waals surface area contributed by atoms with Gasteiger partial charge < -0.3 is 9.47 Å². The molecule has 3 aromatic rings. The minimum atomic E-state index is -0.621. The maximum absolute atomic E-state index is 12.0. The number of hydrogen-bond acceptors (Lipinski definition) is 4. The molecule has 27 heavy (non-hydrogen) atoms. The number of benzene rings is 3. The first-order valence-corrected chi connectivity index (χ1v) is 8.28. The second-order valence-corrected chi connectivity index (χ2v) is 5.74. The predicted octanol–water partition coefficient (Wildman–Crippen LogP) is 5.22. The highest BCUT2D eigenvalue weighted by Crippen LogP contribution is 2.20. The van der Waals surface area contributed by atoms with Crippen LogP contribution in [0.2, 0.25) is 0 Å². The third kappa shape index (κ3) is 5.61. The summed E-state index contributed by atoms with van der Waals surface area (Å²) in [4.78, 5) is 24.0. The molecule has 0 unspecified atom stereocenters. The van der Waals surface area contributed by atoms with E-state index in [0.29, 0.717) is 22.9 Å². The third-order valence-electron chi connectivity index (χ3n) is 3.48. The highest BCUT2D eigenvalue weighted by Gasteiger charge is 2.09. The molecule has 0 aromatic heterocycles. The standard InChI is InChI=1S/C21H18N2O4/c1-15-12-16(22-20(24)26-18-8-4-2-5-9-18)14-17(13-15)23-21(25)27-19-10-6-3-7-11-19/h2-14H,1H3,(H,22,24)(H,23,25). The molecule has 0 aliphatic carbocycles. The summed E-state index contributed by atoms with van der Waals surface area (Å²) in [6.07, 6.45) is -1.24. The molecule has 0 aliphatic heterocycles. The van der Waals surface area contributed by atoms with Crippen molar-refractivity contribution in [2.45, 2.75) is 6.92 Å². The lowest BCUT2D eigenvalue weighted by atomic mass is 10.2. The van der Waals surface area contributed by atoms with Gasteiger partial charge in [-0.15, -0.1) is 0 Å². The average molecular weight is 362 g/mol. The summed E-state index contributed by atoms with van der Waals surface area (Å²) in [5.74, 6) is 0.875. The predicted molar refractivity (Wildman–Crippen MR) is 103 cm³/mol. The summed E-state index contributed by atoms with van der Waals surface area (Å²) >= 11 is 0. The van der Waals surface area contributed by atoms with Gasteiger partial charge in [-0.2, -0.15) is 0 Å². The largest absolute Gasteiger partial charge is 0.417 e. The molecule has 0 saturated carbocycles. The van der Waals surface area contributed by atoms with Gasteiger partial charge in [-0.25, -0.2) is 9.59 Å². The molecule has 0 fully saturated rings. The second-order valence-electron chi connectivity index (χ2n) is 5.74. The van der Waals surface area contributed by atoms with E-state index < -0.39 is 12.2 Å². The van der Waals surface area contributed by atoms with Gasteiger partial charge in [-0.3, -0.25) is 10.6 Å². The van der Waals surface area contributed by atoms with Crippen LogP contribution in [0.3, 0.4) is 0 Å². The van der Waals surface area contributed by atoms with E-state index in [-0.39, 0.29) is 0 Å². The Kier molecular flexibility index (Phi) is 5.69. The fourth-order valence-electron chi connectivity index (χ4n) is 2.41. The summed E-state index contributed by atoms with van der Waals surface area (Å²) in [6, 6.07) is 22.6. The second kappa shape index (κ2) is 8.53. The molecule has 0 radical (unpaired) electrons. The van der Waals surface area contributed by atoms with Crippen molar-refractivity contribution in [2.75, 3.05) is 10.6 Å². The topological polar surface area (TPSA) is 76.7 Å². The number of ether oxygens (including phenoxy) is 2. The summed E-state index contributed by atoms with van der Waals surface area (Å²) in [6.45, 7) is 1.85. The number of rotatable bonds is 4. The monoisotopic (exact) mass is 362 g/mol. The Morgan fingerprint density at radius 2 is 1.07 bits per heavy atom. The van der Waals surface area contributed by atoms with Crippen molar-refractivity contribution in [3.8, 4) is 11.5 Å².